The van der Waals surface area contributed by atoms with Crippen LogP contribution in [0.3, 0.4) is 0 Å². The molecule has 1 spiro atoms. The SMILES string of the molecule is COCCN1Cc2cc(-c3ccc4c(c3)CCC3(CCN(C5CCC5)CC3)O4)cc(F)c2C1=O. The molecule has 6 rings (SSSR count). The third-order valence-corrected chi connectivity index (χ3v) is 8.47. The summed E-state index contributed by atoms with van der Waals surface area (Å²) in [7, 11) is 1.60. The molecule has 0 aromatic heterocycles. The summed E-state index contributed by atoms with van der Waals surface area (Å²) in [5, 5.41) is 0. The fourth-order valence-electron chi connectivity index (χ4n) is 6.11. The van der Waals surface area contributed by atoms with Crippen molar-refractivity contribution in [2.24, 2.45) is 0 Å². The van der Waals surface area contributed by atoms with E-state index in [1.807, 2.05) is 12.1 Å². The molecule has 0 radical (unpaired) electrons. The second kappa shape index (κ2) is 8.65. The highest BCUT2D eigenvalue weighted by Crippen LogP contribution is 2.42. The number of rotatable bonds is 5. The van der Waals surface area contributed by atoms with Crippen molar-refractivity contribution >= 4 is 5.91 Å². The molecule has 1 aliphatic carbocycles. The van der Waals surface area contributed by atoms with Crippen LogP contribution in [0.5, 0.6) is 5.75 Å². The zero-order valence-electron chi connectivity index (χ0n) is 19.9. The second-order valence-electron chi connectivity index (χ2n) is 10.4. The Hall–Kier alpha value is -2.44. The molecule has 2 aromatic carbocycles. The molecule has 3 heterocycles. The summed E-state index contributed by atoms with van der Waals surface area (Å²) >= 11 is 0. The van der Waals surface area contributed by atoms with Gasteiger partial charge >= 0.3 is 0 Å². The highest BCUT2D eigenvalue weighted by molar-refractivity contribution is 5.99. The maximum absolute atomic E-state index is 15.0. The van der Waals surface area contributed by atoms with Gasteiger partial charge < -0.3 is 19.3 Å². The molecule has 1 saturated carbocycles. The van der Waals surface area contributed by atoms with Crippen molar-refractivity contribution in [3.63, 3.8) is 0 Å². The van der Waals surface area contributed by atoms with Crippen LogP contribution >= 0.6 is 0 Å². The quantitative estimate of drug-likeness (QED) is 0.637. The number of hydrogen-bond donors (Lipinski definition) is 0. The summed E-state index contributed by atoms with van der Waals surface area (Å²) in [6.45, 7) is 3.63. The molecule has 2 fully saturated rings. The van der Waals surface area contributed by atoms with E-state index in [9.17, 15) is 9.18 Å². The van der Waals surface area contributed by atoms with Gasteiger partial charge in [-0.1, -0.05) is 12.5 Å². The summed E-state index contributed by atoms with van der Waals surface area (Å²) in [5.74, 6) is 0.293. The lowest BCUT2D eigenvalue weighted by atomic mass is 9.81. The zero-order chi connectivity index (χ0) is 23.3. The lowest BCUT2D eigenvalue weighted by Crippen LogP contribution is -2.53. The van der Waals surface area contributed by atoms with E-state index in [1.54, 1.807) is 12.0 Å². The van der Waals surface area contributed by atoms with Gasteiger partial charge in [-0.25, -0.2) is 4.39 Å². The summed E-state index contributed by atoms with van der Waals surface area (Å²) < 4.78 is 26.7. The van der Waals surface area contributed by atoms with E-state index in [2.05, 4.69) is 17.0 Å². The van der Waals surface area contributed by atoms with Gasteiger partial charge in [-0.3, -0.25) is 4.79 Å². The molecule has 180 valence electrons. The normalized spacial score (nSPS) is 21.8. The molecule has 0 bridgehead atoms. The van der Waals surface area contributed by atoms with Crippen LogP contribution in [0.2, 0.25) is 0 Å². The average Bonchev–Trinajstić information content (AvgIpc) is 3.13. The average molecular weight is 465 g/mol. The molecule has 34 heavy (non-hydrogen) atoms. The smallest absolute Gasteiger partial charge is 0.257 e. The topological polar surface area (TPSA) is 42.0 Å². The molecule has 2 aromatic rings. The molecular formula is C28H33FN2O3. The number of halogens is 1. The fourth-order valence-corrected chi connectivity index (χ4v) is 6.11. The van der Waals surface area contributed by atoms with Crippen molar-refractivity contribution in [1.82, 2.24) is 9.80 Å². The molecule has 0 unspecified atom stereocenters. The van der Waals surface area contributed by atoms with Gasteiger partial charge in [0.1, 0.15) is 17.2 Å². The number of aryl methyl sites for hydroxylation is 1. The molecule has 0 atom stereocenters. The predicted molar refractivity (Wildman–Crippen MR) is 129 cm³/mol. The van der Waals surface area contributed by atoms with E-state index < -0.39 is 5.82 Å². The van der Waals surface area contributed by atoms with E-state index in [4.69, 9.17) is 9.47 Å². The molecule has 4 aliphatic rings. The number of piperidine rings is 1. The number of fused-ring (bicyclic) bond motifs is 2. The number of carbonyl (C=O) groups is 1. The molecule has 3 aliphatic heterocycles. The van der Waals surface area contributed by atoms with Crippen LogP contribution in [-0.2, 0) is 17.7 Å². The van der Waals surface area contributed by atoms with Crippen molar-refractivity contribution < 1.29 is 18.7 Å². The fraction of sp³-hybridized carbons (Fsp3) is 0.536. The van der Waals surface area contributed by atoms with Crippen LogP contribution in [0.1, 0.15) is 60.0 Å². The Morgan fingerprint density at radius 2 is 1.88 bits per heavy atom. The Kier molecular flexibility index (Phi) is 5.61. The molecular weight excluding hydrogens is 431 g/mol. The summed E-state index contributed by atoms with van der Waals surface area (Å²) in [6.07, 6.45) is 8.36. The Morgan fingerprint density at radius 3 is 2.62 bits per heavy atom. The molecule has 1 saturated heterocycles. The monoisotopic (exact) mass is 464 g/mol. The largest absolute Gasteiger partial charge is 0.487 e. The molecule has 6 heteroatoms. The van der Waals surface area contributed by atoms with Gasteiger partial charge in [0, 0.05) is 39.3 Å². The Balaban J connectivity index is 1.19. The highest BCUT2D eigenvalue weighted by atomic mass is 19.1. The second-order valence-corrected chi connectivity index (χ2v) is 10.4. The Bertz CT molecular complexity index is 1110. The standard InChI is InChI=1S/C28H33FN2O3/c1-33-14-13-31-18-22-16-21(17-24(29)26(22)27(31)32)19-5-6-25-20(15-19)7-8-28(34-25)9-11-30(12-10-28)23-3-2-4-23/h5-6,15-17,23H,2-4,7-14,18H2,1H3. The Morgan fingerprint density at radius 1 is 1.09 bits per heavy atom. The zero-order valence-corrected chi connectivity index (χ0v) is 19.9. The highest BCUT2D eigenvalue weighted by Gasteiger charge is 2.41. The van der Waals surface area contributed by atoms with Crippen molar-refractivity contribution in [1.29, 1.82) is 0 Å². The lowest BCUT2D eigenvalue weighted by molar-refractivity contribution is -0.0336. The van der Waals surface area contributed by atoms with Crippen molar-refractivity contribution in [2.45, 2.75) is 63.1 Å². The summed E-state index contributed by atoms with van der Waals surface area (Å²) in [5.41, 5.74) is 3.92. The number of nitrogens with zero attached hydrogens (tertiary/aromatic N) is 2. The number of hydrogen-bond acceptors (Lipinski definition) is 4. The van der Waals surface area contributed by atoms with Gasteiger partial charge in [-0.15, -0.1) is 0 Å². The van der Waals surface area contributed by atoms with Crippen molar-refractivity contribution in [2.75, 3.05) is 33.4 Å². The van der Waals surface area contributed by atoms with E-state index in [-0.39, 0.29) is 17.1 Å². The first kappa shape index (κ1) is 22.1. The minimum atomic E-state index is -0.441. The number of likely N-dealkylation sites (tertiary alicyclic amines) is 1. The van der Waals surface area contributed by atoms with E-state index >= 15 is 0 Å². The van der Waals surface area contributed by atoms with Crippen LogP contribution < -0.4 is 4.74 Å². The van der Waals surface area contributed by atoms with Gasteiger partial charge in [0.2, 0.25) is 0 Å². The van der Waals surface area contributed by atoms with Gasteiger partial charge in [-0.2, -0.15) is 0 Å². The summed E-state index contributed by atoms with van der Waals surface area (Å²) in [6, 6.07) is 10.5. The minimum absolute atomic E-state index is 0.0273. The lowest BCUT2D eigenvalue weighted by Gasteiger charge is -2.48. The molecule has 1 amide bonds. The van der Waals surface area contributed by atoms with Gasteiger partial charge in [-0.05, 0) is 85.0 Å². The number of carbonyl (C=O) groups excluding carboxylic acids is 1. The van der Waals surface area contributed by atoms with Crippen LogP contribution in [0, 0.1) is 5.82 Å². The van der Waals surface area contributed by atoms with Crippen molar-refractivity contribution in [3.05, 3.63) is 52.8 Å². The van der Waals surface area contributed by atoms with E-state index in [0.717, 1.165) is 67.3 Å². The van der Waals surface area contributed by atoms with Gasteiger partial charge in [0.25, 0.3) is 5.91 Å². The van der Waals surface area contributed by atoms with Crippen LogP contribution in [-0.4, -0.2) is 60.7 Å². The number of ether oxygens (including phenoxy) is 2. The first-order chi connectivity index (χ1) is 16.5. The molecule has 5 nitrogen and oxygen atoms in total. The third kappa shape index (κ3) is 3.81. The third-order valence-electron chi connectivity index (χ3n) is 8.47. The first-order valence-electron chi connectivity index (χ1n) is 12.7. The van der Waals surface area contributed by atoms with Crippen molar-refractivity contribution in [3.8, 4) is 16.9 Å². The minimum Gasteiger partial charge on any atom is -0.487 e. The van der Waals surface area contributed by atoms with Gasteiger partial charge in [0.15, 0.2) is 0 Å². The maximum Gasteiger partial charge on any atom is 0.257 e. The predicted octanol–water partition coefficient (Wildman–Crippen LogP) is 4.81. The molecule has 0 N–H and O–H groups in total. The van der Waals surface area contributed by atoms with E-state index in [1.165, 1.54) is 30.9 Å². The number of methoxy groups -OCH3 is 1. The number of benzene rings is 2. The summed E-state index contributed by atoms with van der Waals surface area (Å²) in [4.78, 5) is 16.9. The maximum atomic E-state index is 15.0. The first-order valence-corrected chi connectivity index (χ1v) is 12.7. The van der Waals surface area contributed by atoms with Crippen LogP contribution in [0.15, 0.2) is 30.3 Å². The van der Waals surface area contributed by atoms with Crippen LogP contribution in [0.25, 0.3) is 11.1 Å². The van der Waals surface area contributed by atoms with E-state index in [0.29, 0.717) is 19.7 Å². The van der Waals surface area contributed by atoms with Gasteiger partial charge in [0.05, 0.1) is 12.2 Å². The number of amides is 1. The van der Waals surface area contributed by atoms with Crippen LogP contribution in [0.4, 0.5) is 4.39 Å². The Labute approximate surface area is 200 Å².